The number of aryl methyl sites for hydroxylation is 1. The van der Waals surface area contributed by atoms with Gasteiger partial charge in [-0.05, 0) is 44.0 Å². The van der Waals surface area contributed by atoms with Crippen LogP contribution in [-0.4, -0.2) is 27.5 Å². The topological polar surface area (TPSA) is 121 Å². The molecule has 0 bridgehead atoms. The van der Waals surface area contributed by atoms with Crippen LogP contribution in [0.1, 0.15) is 24.8 Å². The van der Waals surface area contributed by atoms with Crippen LogP contribution < -0.4 is 10.5 Å². The number of hydrogen-bond acceptors (Lipinski definition) is 4. The minimum atomic E-state index is -3.61. The molecule has 0 radical (unpaired) electrons. The Balaban J connectivity index is 2.79. The first-order chi connectivity index (χ1) is 9.99. The average molecular weight is 311 g/mol. The summed E-state index contributed by atoms with van der Waals surface area (Å²) in [4.78, 5) is 2.89. The molecule has 0 saturated heterocycles. The summed E-state index contributed by atoms with van der Waals surface area (Å²) in [6, 6.07) is 6.18. The third-order valence-electron chi connectivity index (χ3n) is 3.03. The first-order valence-corrected chi connectivity index (χ1v) is 8.28. The van der Waals surface area contributed by atoms with Crippen LogP contribution in [0.2, 0.25) is 0 Å². The zero-order valence-corrected chi connectivity index (χ0v) is 12.9. The van der Waals surface area contributed by atoms with Gasteiger partial charge in [0.25, 0.3) is 0 Å². The number of nitrogens with two attached hydrogens (primary N) is 1. The van der Waals surface area contributed by atoms with E-state index >= 15 is 0 Å². The molecule has 1 aromatic carbocycles. The molecule has 0 spiro atoms. The molecule has 0 aromatic heterocycles. The summed E-state index contributed by atoms with van der Waals surface area (Å²) in [5.41, 5.74) is 14.8. The second kappa shape index (κ2) is 8.63. The molecule has 1 rings (SSSR count). The summed E-state index contributed by atoms with van der Waals surface area (Å²) < 4.78 is 27.1. The molecule has 1 aromatic rings. The standard InChI is InChI=1S/C13H21N5O2S/c1-11-5-7-13(8-6-11)21(19,20)17-12(10-16-18-15)4-2-3-9-14/h5-8,12,17H,2-4,9-10,14H2,1H3/t12-/m0/s1. The van der Waals surface area contributed by atoms with E-state index in [0.29, 0.717) is 13.0 Å². The molecule has 7 nitrogen and oxygen atoms in total. The van der Waals surface area contributed by atoms with Gasteiger partial charge in [0, 0.05) is 17.5 Å². The van der Waals surface area contributed by atoms with E-state index in [9.17, 15) is 8.42 Å². The van der Waals surface area contributed by atoms with Crippen LogP contribution in [0.4, 0.5) is 0 Å². The molecule has 8 heteroatoms. The van der Waals surface area contributed by atoms with Gasteiger partial charge in [-0.15, -0.1) is 0 Å². The van der Waals surface area contributed by atoms with Gasteiger partial charge in [-0.2, -0.15) is 0 Å². The Morgan fingerprint density at radius 3 is 2.57 bits per heavy atom. The molecule has 21 heavy (non-hydrogen) atoms. The number of unbranched alkanes of at least 4 members (excludes halogenated alkanes) is 1. The normalized spacial score (nSPS) is 12.7. The van der Waals surface area contributed by atoms with Gasteiger partial charge in [0.2, 0.25) is 10.0 Å². The maximum absolute atomic E-state index is 12.3. The quantitative estimate of drug-likeness (QED) is 0.314. The first-order valence-electron chi connectivity index (χ1n) is 6.79. The minimum absolute atomic E-state index is 0.0894. The fraction of sp³-hybridized carbons (Fsp3) is 0.538. The zero-order chi connectivity index (χ0) is 15.7. The molecule has 0 saturated carbocycles. The van der Waals surface area contributed by atoms with Crippen LogP contribution in [0.25, 0.3) is 10.4 Å². The van der Waals surface area contributed by atoms with E-state index in [1.165, 1.54) is 0 Å². The van der Waals surface area contributed by atoms with Crippen molar-refractivity contribution in [3.8, 4) is 0 Å². The van der Waals surface area contributed by atoms with Gasteiger partial charge in [0.1, 0.15) is 0 Å². The maximum Gasteiger partial charge on any atom is 0.240 e. The molecule has 1 atom stereocenters. The highest BCUT2D eigenvalue weighted by molar-refractivity contribution is 7.89. The van der Waals surface area contributed by atoms with Crippen molar-refractivity contribution >= 4 is 10.0 Å². The second-order valence-electron chi connectivity index (χ2n) is 4.83. The molecule has 0 heterocycles. The van der Waals surface area contributed by atoms with Crippen molar-refractivity contribution < 1.29 is 8.42 Å². The van der Waals surface area contributed by atoms with Crippen LogP contribution in [-0.2, 0) is 10.0 Å². The van der Waals surface area contributed by atoms with E-state index in [0.717, 1.165) is 18.4 Å². The summed E-state index contributed by atoms with van der Waals surface area (Å²) in [5.74, 6) is 0. The third-order valence-corrected chi connectivity index (χ3v) is 4.56. The van der Waals surface area contributed by atoms with Crippen LogP contribution >= 0.6 is 0 Å². The molecule has 3 N–H and O–H groups in total. The van der Waals surface area contributed by atoms with Crippen molar-refractivity contribution in [3.05, 3.63) is 40.3 Å². The lowest BCUT2D eigenvalue weighted by Gasteiger charge is -2.16. The minimum Gasteiger partial charge on any atom is -0.330 e. The van der Waals surface area contributed by atoms with E-state index in [1.54, 1.807) is 24.3 Å². The summed E-state index contributed by atoms with van der Waals surface area (Å²) in [6.07, 6.45) is 2.17. The van der Waals surface area contributed by atoms with Crippen molar-refractivity contribution in [3.63, 3.8) is 0 Å². The van der Waals surface area contributed by atoms with Gasteiger partial charge in [-0.3, -0.25) is 0 Å². The predicted molar refractivity (Wildman–Crippen MR) is 82.2 cm³/mol. The van der Waals surface area contributed by atoms with Gasteiger partial charge in [-0.1, -0.05) is 29.2 Å². The van der Waals surface area contributed by atoms with Gasteiger partial charge in [-0.25, -0.2) is 13.1 Å². The fourth-order valence-corrected chi connectivity index (χ4v) is 3.12. The molecular weight excluding hydrogens is 290 g/mol. The summed E-state index contributed by atoms with van der Waals surface area (Å²) in [5, 5.41) is 3.47. The highest BCUT2D eigenvalue weighted by Crippen LogP contribution is 2.12. The molecule has 0 amide bonds. The van der Waals surface area contributed by atoms with Crippen LogP contribution in [0.15, 0.2) is 34.3 Å². The lowest BCUT2D eigenvalue weighted by atomic mass is 10.1. The van der Waals surface area contributed by atoms with Gasteiger partial charge in [0.05, 0.1) is 4.90 Å². The largest absolute Gasteiger partial charge is 0.330 e. The monoisotopic (exact) mass is 311 g/mol. The van der Waals surface area contributed by atoms with E-state index in [2.05, 4.69) is 14.7 Å². The number of nitrogens with one attached hydrogen (secondary N) is 1. The Hall–Kier alpha value is -1.60. The Bertz CT molecular complexity index is 579. The van der Waals surface area contributed by atoms with Gasteiger partial charge < -0.3 is 5.73 Å². The van der Waals surface area contributed by atoms with Gasteiger partial charge in [0.15, 0.2) is 0 Å². The number of sulfonamides is 1. The average Bonchev–Trinajstić information content (AvgIpc) is 2.45. The predicted octanol–water partition coefficient (Wildman–Crippen LogP) is 2.08. The first kappa shape index (κ1) is 17.5. The Kier molecular flexibility index (Phi) is 7.18. The van der Waals surface area contributed by atoms with Crippen LogP contribution in [0, 0.1) is 6.92 Å². The molecule has 0 fully saturated rings. The molecule has 116 valence electrons. The number of rotatable bonds is 9. The lowest BCUT2D eigenvalue weighted by molar-refractivity contribution is 0.512. The number of nitrogens with zero attached hydrogens (tertiary/aromatic N) is 3. The van der Waals surface area contributed by atoms with Crippen molar-refractivity contribution in [2.45, 2.75) is 37.1 Å². The lowest BCUT2D eigenvalue weighted by Crippen LogP contribution is -2.37. The third kappa shape index (κ3) is 6.14. The van der Waals surface area contributed by atoms with Crippen molar-refractivity contribution in [1.82, 2.24) is 4.72 Å². The molecule has 0 aliphatic carbocycles. The molecular formula is C13H21N5O2S. The molecule has 0 aliphatic heterocycles. The Morgan fingerprint density at radius 1 is 1.33 bits per heavy atom. The molecule has 0 unspecified atom stereocenters. The van der Waals surface area contributed by atoms with E-state index in [4.69, 9.17) is 11.3 Å². The van der Waals surface area contributed by atoms with Crippen molar-refractivity contribution in [1.29, 1.82) is 0 Å². The molecule has 0 aliphatic rings. The van der Waals surface area contributed by atoms with Crippen molar-refractivity contribution in [2.75, 3.05) is 13.1 Å². The van der Waals surface area contributed by atoms with E-state index in [-0.39, 0.29) is 11.4 Å². The zero-order valence-electron chi connectivity index (χ0n) is 12.1. The van der Waals surface area contributed by atoms with Gasteiger partial charge >= 0.3 is 0 Å². The number of hydrogen-bond donors (Lipinski definition) is 2. The summed E-state index contributed by atoms with van der Waals surface area (Å²) in [7, 11) is -3.61. The Labute approximate surface area is 125 Å². The summed E-state index contributed by atoms with van der Waals surface area (Å²) >= 11 is 0. The van der Waals surface area contributed by atoms with Crippen molar-refractivity contribution in [2.24, 2.45) is 10.8 Å². The fourth-order valence-electron chi connectivity index (χ4n) is 1.86. The van der Waals surface area contributed by atoms with Crippen LogP contribution in [0.3, 0.4) is 0 Å². The second-order valence-corrected chi connectivity index (χ2v) is 6.54. The maximum atomic E-state index is 12.3. The SMILES string of the molecule is Cc1ccc(S(=O)(=O)N[C@@H](CCCCN)CN=[N+]=[N-])cc1. The van der Waals surface area contributed by atoms with E-state index < -0.39 is 16.1 Å². The number of azide groups is 1. The Morgan fingerprint density at radius 2 is 2.00 bits per heavy atom. The summed E-state index contributed by atoms with van der Waals surface area (Å²) in [6.45, 7) is 2.53. The highest BCUT2D eigenvalue weighted by atomic mass is 32.2. The van der Waals surface area contributed by atoms with E-state index in [1.807, 2.05) is 6.92 Å². The highest BCUT2D eigenvalue weighted by Gasteiger charge is 2.19. The number of benzene rings is 1. The van der Waals surface area contributed by atoms with Crippen LogP contribution in [0.5, 0.6) is 0 Å². The smallest absolute Gasteiger partial charge is 0.240 e.